The molecule has 3 nitrogen and oxygen atoms in total. The molecule has 7 heteroatoms. The first kappa shape index (κ1) is 26.9. The number of piperazine rings is 1. The Bertz CT molecular complexity index is 780. The average Bonchev–Trinajstić information content (AvgIpc) is 3.47. The van der Waals surface area contributed by atoms with Gasteiger partial charge in [0.1, 0.15) is 32.7 Å². The predicted octanol–water partition coefficient (Wildman–Crippen LogP) is -4.16. The van der Waals surface area contributed by atoms with E-state index in [0.29, 0.717) is 0 Å². The molecule has 164 valence electrons. The van der Waals surface area contributed by atoms with Gasteiger partial charge in [-0.1, -0.05) is 30.3 Å². The predicted molar refractivity (Wildman–Crippen MR) is 120 cm³/mol. The van der Waals surface area contributed by atoms with Gasteiger partial charge in [-0.2, -0.15) is 22.7 Å². The molecule has 2 aromatic heterocycles. The second-order valence-corrected chi connectivity index (χ2v) is 8.57. The van der Waals surface area contributed by atoms with Gasteiger partial charge in [-0.05, 0) is 56.4 Å². The molecule has 0 bridgehead atoms. The molecule has 0 amide bonds. The molecule has 30 heavy (non-hydrogen) atoms. The van der Waals surface area contributed by atoms with Crippen LogP contribution in [0.4, 0.5) is 0 Å². The molecule has 0 atom stereocenters. The number of halogens is 2. The Morgan fingerprint density at radius 3 is 1.87 bits per heavy atom. The van der Waals surface area contributed by atoms with E-state index in [0.717, 1.165) is 13.7 Å². The van der Waals surface area contributed by atoms with E-state index in [4.69, 9.17) is 5.11 Å². The summed E-state index contributed by atoms with van der Waals surface area (Å²) in [7, 11) is 1.00. The third kappa shape index (κ3) is 7.82. The van der Waals surface area contributed by atoms with E-state index in [1.807, 2.05) is 0 Å². The molecule has 3 heterocycles. The lowest BCUT2D eigenvalue weighted by atomic mass is 10.0. The third-order valence-electron chi connectivity index (χ3n) is 5.22. The number of hydrogen-bond donors (Lipinski definition) is 3. The molecule has 0 saturated carbocycles. The zero-order valence-corrected chi connectivity index (χ0v) is 20.3. The van der Waals surface area contributed by atoms with Crippen LogP contribution in [0.2, 0.25) is 0 Å². The Morgan fingerprint density at radius 1 is 0.833 bits per heavy atom. The monoisotopic (exact) mass is 484 g/mol. The molecule has 0 aliphatic carbocycles. The van der Waals surface area contributed by atoms with Crippen LogP contribution in [0.3, 0.4) is 0 Å². The van der Waals surface area contributed by atoms with Crippen molar-refractivity contribution in [2.45, 2.75) is 6.54 Å². The summed E-state index contributed by atoms with van der Waals surface area (Å²) in [6, 6.07) is 15.4. The normalized spacial score (nSPS) is 17.5. The maximum absolute atomic E-state index is 7.00. The van der Waals surface area contributed by atoms with E-state index >= 15 is 0 Å². The number of rotatable bonds is 6. The van der Waals surface area contributed by atoms with Gasteiger partial charge >= 0.3 is 0 Å². The summed E-state index contributed by atoms with van der Waals surface area (Å²) in [4.78, 5) is 3.43. The van der Waals surface area contributed by atoms with Crippen molar-refractivity contribution in [2.24, 2.45) is 0 Å². The van der Waals surface area contributed by atoms with Crippen molar-refractivity contribution in [3.05, 3.63) is 86.8 Å². The molecule has 3 aromatic rings. The molecule has 0 radical (unpaired) electrons. The summed E-state index contributed by atoms with van der Waals surface area (Å²) in [5.74, 6) is 0. The quantitative estimate of drug-likeness (QED) is 0.325. The third-order valence-corrected chi connectivity index (χ3v) is 6.59. The Morgan fingerprint density at radius 2 is 1.37 bits per heavy atom. The standard InChI is InChI=1S/C22H24N2S2.CH4O.2ClH/c1-2-4-19(5-3-1)16-24-12-10-23(11-13-24)9-6-22(20-7-14-25-17-20)21-8-15-26-18-21;1-2;;/h1-8,14-15,17-18H,9-13,16H2;2H,1H3;2*1H. The van der Waals surface area contributed by atoms with Crippen LogP contribution in [0.15, 0.2) is 70.1 Å². The van der Waals surface area contributed by atoms with E-state index in [1.165, 1.54) is 55.0 Å². The minimum Gasteiger partial charge on any atom is -1.00 e. The SMILES string of the molecule is C(C[NH+]1CC[NH+](Cc2ccccc2)CC1)=C(c1ccsc1)c1ccsc1.CO.[Cl-].[Cl-]. The second-order valence-electron chi connectivity index (χ2n) is 7.01. The van der Waals surface area contributed by atoms with Crippen molar-refractivity contribution in [1.82, 2.24) is 0 Å². The van der Waals surface area contributed by atoms with Crippen molar-refractivity contribution in [2.75, 3.05) is 39.8 Å². The maximum Gasteiger partial charge on any atom is 0.127 e. The van der Waals surface area contributed by atoms with Crippen LogP contribution in [0.1, 0.15) is 16.7 Å². The van der Waals surface area contributed by atoms with Crippen LogP contribution in [0.5, 0.6) is 0 Å². The molecule has 4 rings (SSSR count). The number of thiophene rings is 2. The van der Waals surface area contributed by atoms with Gasteiger partial charge in [0.15, 0.2) is 0 Å². The number of aliphatic hydroxyl groups is 1. The molecular weight excluding hydrogens is 455 g/mol. The summed E-state index contributed by atoms with van der Waals surface area (Å²) in [5.41, 5.74) is 5.59. The molecule has 1 saturated heterocycles. The van der Waals surface area contributed by atoms with Crippen LogP contribution >= 0.6 is 22.7 Å². The number of benzene rings is 1. The van der Waals surface area contributed by atoms with Gasteiger partial charge < -0.3 is 39.7 Å². The van der Waals surface area contributed by atoms with Crippen molar-refractivity contribution >= 4 is 28.2 Å². The average molecular weight is 486 g/mol. The molecule has 1 aliphatic heterocycles. The Balaban J connectivity index is 0.00000109. The first-order chi connectivity index (χ1) is 13.9. The lowest BCUT2D eigenvalue weighted by Gasteiger charge is -2.29. The smallest absolute Gasteiger partial charge is 0.127 e. The van der Waals surface area contributed by atoms with Crippen molar-refractivity contribution in [1.29, 1.82) is 0 Å². The van der Waals surface area contributed by atoms with Gasteiger partial charge in [0.05, 0.1) is 6.54 Å². The molecule has 1 aromatic carbocycles. The highest BCUT2D eigenvalue weighted by Crippen LogP contribution is 2.26. The van der Waals surface area contributed by atoms with Crippen LogP contribution in [0, 0.1) is 0 Å². The van der Waals surface area contributed by atoms with Gasteiger partial charge in [-0.3, -0.25) is 0 Å². The summed E-state index contributed by atoms with van der Waals surface area (Å²) in [6.07, 6.45) is 2.46. The first-order valence-corrected chi connectivity index (χ1v) is 11.7. The minimum atomic E-state index is 0. The molecule has 0 spiro atoms. The van der Waals surface area contributed by atoms with Crippen LogP contribution in [-0.4, -0.2) is 44.9 Å². The second kappa shape index (κ2) is 14.8. The van der Waals surface area contributed by atoms with Gasteiger partial charge in [-0.25, -0.2) is 0 Å². The zero-order valence-electron chi connectivity index (χ0n) is 17.2. The van der Waals surface area contributed by atoms with Gasteiger partial charge in [0.2, 0.25) is 0 Å². The highest BCUT2D eigenvalue weighted by Gasteiger charge is 2.22. The van der Waals surface area contributed by atoms with E-state index < -0.39 is 0 Å². The Hall–Kier alpha value is -1.18. The summed E-state index contributed by atoms with van der Waals surface area (Å²) >= 11 is 3.56. The Labute approximate surface area is 200 Å². The largest absolute Gasteiger partial charge is 1.00 e. The summed E-state index contributed by atoms with van der Waals surface area (Å²) in [6.45, 7) is 7.35. The highest BCUT2D eigenvalue weighted by molar-refractivity contribution is 7.08. The summed E-state index contributed by atoms with van der Waals surface area (Å²) < 4.78 is 0. The zero-order chi connectivity index (χ0) is 19.6. The lowest BCUT2D eigenvalue weighted by Crippen LogP contribution is -3.27. The fourth-order valence-electron chi connectivity index (χ4n) is 3.71. The van der Waals surface area contributed by atoms with E-state index in [-0.39, 0.29) is 24.8 Å². The van der Waals surface area contributed by atoms with E-state index in [9.17, 15) is 0 Å². The van der Waals surface area contributed by atoms with Crippen molar-refractivity contribution in [3.63, 3.8) is 0 Å². The lowest BCUT2D eigenvalue weighted by molar-refractivity contribution is -1.02. The molecule has 1 aliphatic rings. The molecule has 3 N–H and O–H groups in total. The summed E-state index contributed by atoms with van der Waals surface area (Å²) in [5, 5.41) is 15.9. The van der Waals surface area contributed by atoms with Gasteiger partial charge in [0.25, 0.3) is 0 Å². The first-order valence-electron chi connectivity index (χ1n) is 9.79. The van der Waals surface area contributed by atoms with Crippen LogP contribution in [0.25, 0.3) is 5.57 Å². The van der Waals surface area contributed by atoms with Crippen LogP contribution in [-0.2, 0) is 6.54 Å². The van der Waals surface area contributed by atoms with Crippen molar-refractivity contribution in [3.8, 4) is 0 Å². The van der Waals surface area contributed by atoms with Crippen molar-refractivity contribution < 1.29 is 39.7 Å². The topological polar surface area (TPSA) is 29.1 Å². The van der Waals surface area contributed by atoms with Gasteiger partial charge in [0, 0.05) is 12.7 Å². The van der Waals surface area contributed by atoms with E-state index in [2.05, 4.69) is 70.1 Å². The molecule has 1 fully saturated rings. The number of aliphatic hydroxyl groups excluding tert-OH is 1. The maximum atomic E-state index is 7.00. The number of hydrogen-bond acceptors (Lipinski definition) is 3. The number of quaternary nitrogens is 2. The minimum absolute atomic E-state index is 0. The molecular formula is C23H30Cl2N2OS2. The van der Waals surface area contributed by atoms with Gasteiger partial charge in [-0.15, -0.1) is 0 Å². The number of nitrogens with one attached hydrogen (secondary N) is 2. The Kier molecular flexibility index (Phi) is 13.2. The molecule has 0 unspecified atom stereocenters. The fraction of sp³-hybridized carbons (Fsp3) is 0.304. The fourth-order valence-corrected chi connectivity index (χ4v) is 5.02. The van der Waals surface area contributed by atoms with E-state index in [1.54, 1.807) is 32.5 Å². The van der Waals surface area contributed by atoms with Crippen LogP contribution < -0.4 is 34.6 Å². The highest BCUT2D eigenvalue weighted by atomic mass is 35.5.